The lowest BCUT2D eigenvalue weighted by molar-refractivity contribution is 0.786. The van der Waals surface area contributed by atoms with Crippen LogP contribution in [-0.2, 0) is 13.0 Å². The van der Waals surface area contributed by atoms with Gasteiger partial charge in [-0.25, -0.2) is 4.98 Å². The predicted molar refractivity (Wildman–Crippen MR) is 105 cm³/mol. The van der Waals surface area contributed by atoms with Gasteiger partial charge in [0.1, 0.15) is 5.52 Å². The van der Waals surface area contributed by atoms with Crippen molar-refractivity contribution in [1.29, 1.82) is 0 Å². The first-order valence-corrected chi connectivity index (χ1v) is 8.82. The van der Waals surface area contributed by atoms with E-state index < -0.39 is 0 Å². The van der Waals surface area contributed by atoms with Gasteiger partial charge >= 0.3 is 0 Å². The van der Waals surface area contributed by atoms with E-state index in [-0.39, 0.29) is 5.56 Å². The van der Waals surface area contributed by atoms with Crippen LogP contribution in [0.5, 0.6) is 0 Å². The number of hydrogen-bond donors (Lipinski definition) is 0. The largest absolute Gasteiger partial charge is 0.301 e. The molecule has 4 aromatic rings. The number of nitrogens with zero attached hydrogens (tertiary/aromatic N) is 4. The maximum Gasteiger partial charge on any atom is 0.269 e. The second-order valence-corrected chi connectivity index (χ2v) is 6.61. The minimum Gasteiger partial charge on any atom is -0.301 e. The Morgan fingerprint density at radius 2 is 1.96 bits per heavy atom. The molecule has 3 heterocycles. The van der Waals surface area contributed by atoms with Crippen LogP contribution in [0, 0.1) is 0 Å². The minimum atomic E-state index is -0.122. The van der Waals surface area contributed by atoms with Crippen LogP contribution in [0.1, 0.15) is 16.8 Å². The van der Waals surface area contributed by atoms with E-state index in [0.29, 0.717) is 12.1 Å². The molecule has 27 heavy (non-hydrogen) atoms. The van der Waals surface area contributed by atoms with Gasteiger partial charge in [0.2, 0.25) is 0 Å². The van der Waals surface area contributed by atoms with Crippen molar-refractivity contribution in [1.82, 2.24) is 19.5 Å². The molecule has 0 amide bonds. The number of pyridine rings is 2. The number of allylic oxidation sites excluding steroid dienone is 1. The highest BCUT2D eigenvalue weighted by atomic mass is 16.1. The first-order chi connectivity index (χ1) is 13.3. The van der Waals surface area contributed by atoms with Crippen LogP contribution < -0.4 is 5.56 Å². The molecule has 0 bridgehead atoms. The van der Waals surface area contributed by atoms with E-state index in [0.717, 1.165) is 34.3 Å². The van der Waals surface area contributed by atoms with Crippen LogP contribution in [0.2, 0.25) is 0 Å². The normalized spacial score (nSPS) is 12.4. The molecule has 5 rings (SSSR count). The van der Waals surface area contributed by atoms with Gasteiger partial charge in [0, 0.05) is 24.4 Å². The number of hydrogen-bond acceptors (Lipinski definition) is 4. The Bertz CT molecular complexity index is 1260. The molecule has 1 aliphatic carbocycles. The van der Waals surface area contributed by atoms with Crippen LogP contribution in [0.4, 0.5) is 0 Å². The highest BCUT2D eigenvalue weighted by Crippen LogP contribution is 2.26. The van der Waals surface area contributed by atoms with Gasteiger partial charge < -0.3 is 4.57 Å². The summed E-state index contributed by atoms with van der Waals surface area (Å²) in [4.78, 5) is 25.2. The summed E-state index contributed by atoms with van der Waals surface area (Å²) < 4.78 is 1.73. The third kappa shape index (κ3) is 2.83. The Morgan fingerprint density at radius 3 is 2.93 bits per heavy atom. The number of aromatic nitrogens is 4. The van der Waals surface area contributed by atoms with Crippen molar-refractivity contribution >= 4 is 17.1 Å². The standard InChI is InChI=1S/C22H16N4O/c27-22-13-25-20-12-23-8-7-21(20)26(22)14-15-3-1-4-16(9-15)18-10-17-5-2-6-19(17)24-11-18/h1-5,7-13H,6,14H2. The van der Waals surface area contributed by atoms with Gasteiger partial charge in [0.05, 0.1) is 30.1 Å². The molecule has 5 nitrogen and oxygen atoms in total. The first kappa shape index (κ1) is 15.6. The summed E-state index contributed by atoms with van der Waals surface area (Å²) in [6.07, 6.45) is 11.8. The molecule has 1 aliphatic rings. The SMILES string of the molecule is O=c1cnc2cnccc2n1Cc1cccc(-c2cnc3c(c2)C=CC3)c1. The summed E-state index contributed by atoms with van der Waals surface area (Å²) in [6.45, 7) is 0.480. The molecule has 3 aromatic heterocycles. The average molecular weight is 352 g/mol. The zero-order valence-electron chi connectivity index (χ0n) is 14.5. The van der Waals surface area contributed by atoms with Crippen molar-refractivity contribution in [3.05, 3.63) is 94.4 Å². The fourth-order valence-corrected chi connectivity index (χ4v) is 3.49. The van der Waals surface area contributed by atoms with Crippen LogP contribution in [0.15, 0.2) is 72.1 Å². The van der Waals surface area contributed by atoms with E-state index in [1.165, 1.54) is 11.8 Å². The van der Waals surface area contributed by atoms with Crippen molar-refractivity contribution in [2.24, 2.45) is 0 Å². The van der Waals surface area contributed by atoms with Crippen LogP contribution >= 0.6 is 0 Å². The lowest BCUT2D eigenvalue weighted by atomic mass is 10.0. The average Bonchev–Trinajstić information content (AvgIpc) is 3.18. The molecule has 1 aromatic carbocycles. The van der Waals surface area contributed by atoms with E-state index in [9.17, 15) is 4.79 Å². The lowest BCUT2D eigenvalue weighted by Crippen LogP contribution is -2.21. The van der Waals surface area contributed by atoms with Gasteiger partial charge in [0.15, 0.2) is 0 Å². The summed E-state index contributed by atoms with van der Waals surface area (Å²) in [7, 11) is 0. The maximum absolute atomic E-state index is 12.4. The van der Waals surface area contributed by atoms with Crippen LogP contribution in [0.25, 0.3) is 28.2 Å². The molecule has 0 radical (unpaired) electrons. The van der Waals surface area contributed by atoms with Gasteiger partial charge in [-0.05, 0) is 34.9 Å². The van der Waals surface area contributed by atoms with Gasteiger partial charge in [-0.1, -0.05) is 30.4 Å². The summed E-state index contributed by atoms with van der Waals surface area (Å²) in [6, 6.07) is 12.2. The van der Waals surface area contributed by atoms with E-state index in [1.54, 1.807) is 17.0 Å². The molecule has 130 valence electrons. The molecule has 0 atom stereocenters. The van der Waals surface area contributed by atoms with Gasteiger partial charge in [-0.15, -0.1) is 0 Å². The van der Waals surface area contributed by atoms with Crippen molar-refractivity contribution in [3.63, 3.8) is 0 Å². The van der Waals surface area contributed by atoms with Crippen molar-refractivity contribution in [2.45, 2.75) is 13.0 Å². The molecule has 0 spiro atoms. The number of fused-ring (bicyclic) bond motifs is 2. The maximum atomic E-state index is 12.4. The zero-order chi connectivity index (χ0) is 18.2. The summed E-state index contributed by atoms with van der Waals surface area (Å²) in [5, 5.41) is 0. The molecule has 0 unspecified atom stereocenters. The predicted octanol–water partition coefficient (Wildman–Crippen LogP) is 3.47. The Labute approximate surface area is 155 Å². The highest BCUT2D eigenvalue weighted by molar-refractivity contribution is 5.73. The molecule has 0 saturated carbocycles. The van der Waals surface area contributed by atoms with E-state index >= 15 is 0 Å². The van der Waals surface area contributed by atoms with Crippen LogP contribution in [-0.4, -0.2) is 19.5 Å². The molecule has 0 saturated heterocycles. The number of benzene rings is 1. The van der Waals surface area contributed by atoms with Gasteiger partial charge in [0.25, 0.3) is 5.56 Å². The monoisotopic (exact) mass is 352 g/mol. The summed E-state index contributed by atoms with van der Waals surface area (Å²) in [5.41, 5.74) is 6.91. The smallest absolute Gasteiger partial charge is 0.269 e. The molecule has 0 fully saturated rings. The number of rotatable bonds is 3. The quantitative estimate of drug-likeness (QED) is 0.566. The minimum absolute atomic E-state index is 0.122. The summed E-state index contributed by atoms with van der Waals surface area (Å²) in [5.74, 6) is 0. The molecular weight excluding hydrogens is 336 g/mol. The molecule has 5 heteroatoms. The second-order valence-electron chi connectivity index (χ2n) is 6.61. The summed E-state index contributed by atoms with van der Waals surface area (Å²) >= 11 is 0. The topological polar surface area (TPSA) is 60.7 Å². The van der Waals surface area contributed by atoms with Gasteiger partial charge in [-0.3, -0.25) is 14.8 Å². The van der Waals surface area contributed by atoms with Crippen molar-refractivity contribution in [3.8, 4) is 11.1 Å². The van der Waals surface area contributed by atoms with E-state index in [4.69, 9.17) is 0 Å². The van der Waals surface area contributed by atoms with E-state index in [2.05, 4.69) is 45.3 Å². The van der Waals surface area contributed by atoms with Crippen LogP contribution in [0.3, 0.4) is 0 Å². The Morgan fingerprint density at radius 1 is 1.00 bits per heavy atom. The fraction of sp³-hybridized carbons (Fsp3) is 0.0909. The second kappa shape index (κ2) is 6.29. The fourth-order valence-electron chi connectivity index (χ4n) is 3.49. The van der Waals surface area contributed by atoms with Crippen molar-refractivity contribution < 1.29 is 0 Å². The molecular formula is C22H16N4O. The third-order valence-electron chi connectivity index (χ3n) is 4.86. The zero-order valence-corrected chi connectivity index (χ0v) is 14.5. The Balaban J connectivity index is 1.55. The lowest BCUT2D eigenvalue weighted by Gasteiger charge is -2.11. The molecule has 0 aliphatic heterocycles. The third-order valence-corrected chi connectivity index (χ3v) is 4.86. The van der Waals surface area contributed by atoms with Gasteiger partial charge in [-0.2, -0.15) is 0 Å². The highest BCUT2D eigenvalue weighted by Gasteiger charge is 2.10. The van der Waals surface area contributed by atoms with E-state index in [1.807, 2.05) is 24.4 Å². The molecule has 0 N–H and O–H groups in total. The first-order valence-electron chi connectivity index (χ1n) is 8.82. The Kier molecular flexibility index (Phi) is 3.64. The van der Waals surface area contributed by atoms with Crippen molar-refractivity contribution in [2.75, 3.05) is 0 Å². The Hall–Kier alpha value is -3.60.